The molecule has 2 aromatic heterocycles. The molecule has 1 fully saturated rings. The molecule has 5 heteroatoms. The van der Waals surface area contributed by atoms with Gasteiger partial charge >= 0.3 is 5.97 Å². The van der Waals surface area contributed by atoms with Crippen LogP contribution in [0.1, 0.15) is 40.4 Å². The molecule has 0 unspecified atom stereocenters. The van der Waals surface area contributed by atoms with Crippen LogP contribution in [0.5, 0.6) is 0 Å². The van der Waals surface area contributed by atoms with Gasteiger partial charge in [0.05, 0.1) is 11.3 Å². The maximum absolute atomic E-state index is 11.2. The summed E-state index contributed by atoms with van der Waals surface area (Å²) >= 11 is 0. The first-order valence-corrected chi connectivity index (χ1v) is 6.19. The van der Waals surface area contributed by atoms with Gasteiger partial charge in [-0.1, -0.05) is 6.07 Å². The molecule has 2 heterocycles. The van der Waals surface area contributed by atoms with Gasteiger partial charge in [0, 0.05) is 18.3 Å². The summed E-state index contributed by atoms with van der Waals surface area (Å²) in [6.45, 7) is 1.94. The Kier molecular flexibility index (Phi) is 2.74. The number of aromatic nitrogens is 3. The average molecular weight is 255 g/mol. The first kappa shape index (κ1) is 11.8. The lowest BCUT2D eigenvalue weighted by Crippen LogP contribution is -2.07. The standard InChI is InChI=1S/C14H13N3O2/c1-8-3-2-6-15-11(8)13-16-7-10(14(18)19)12(17-13)9-4-5-9/h2-3,6-7,9H,4-5H2,1H3,(H,18,19). The van der Waals surface area contributed by atoms with Gasteiger partial charge in [0.25, 0.3) is 0 Å². The molecule has 96 valence electrons. The largest absolute Gasteiger partial charge is 0.478 e. The molecule has 0 atom stereocenters. The van der Waals surface area contributed by atoms with Gasteiger partial charge in [-0.3, -0.25) is 4.98 Å². The molecule has 0 aliphatic heterocycles. The summed E-state index contributed by atoms with van der Waals surface area (Å²) in [6, 6.07) is 3.79. The van der Waals surface area contributed by atoms with Gasteiger partial charge in [-0.2, -0.15) is 0 Å². The van der Waals surface area contributed by atoms with E-state index in [-0.39, 0.29) is 11.5 Å². The second-order valence-corrected chi connectivity index (χ2v) is 4.74. The first-order valence-electron chi connectivity index (χ1n) is 6.19. The summed E-state index contributed by atoms with van der Waals surface area (Å²) in [5.74, 6) is -0.201. The molecular weight excluding hydrogens is 242 g/mol. The molecule has 1 aliphatic carbocycles. The number of aryl methyl sites for hydroxylation is 1. The number of hydrogen-bond donors (Lipinski definition) is 1. The third kappa shape index (κ3) is 2.19. The summed E-state index contributed by atoms with van der Waals surface area (Å²) in [5.41, 5.74) is 2.54. The summed E-state index contributed by atoms with van der Waals surface area (Å²) in [7, 11) is 0. The minimum Gasteiger partial charge on any atom is -0.478 e. The van der Waals surface area contributed by atoms with Crippen LogP contribution in [0.4, 0.5) is 0 Å². The van der Waals surface area contributed by atoms with Gasteiger partial charge in [-0.05, 0) is 31.4 Å². The average Bonchev–Trinajstić information content (AvgIpc) is 3.23. The van der Waals surface area contributed by atoms with Crippen molar-refractivity contribution >= 4 is 5.97 Å². The number of aromatic carboxylic acids is 1. The zero-order valence-electron chi connectivity index (χ0n) is 10.5. The van der Waals surface area contributed by atoms with Crippen LogP contribution < -0.4 is 0 Å². The minimum absolute atomic E-state index is 0.208. The summed E-state index contributed by atoms with van der Waals surface area (Å²) < 4.78 is 0. The number of carbonyl (C=O) groups is 1. The van der Waals surface area contributed by atoms with E-state index in [2.05, 4.69) is 15.0 Å². The van der Waals surface area contributed by atoms with Crippen molar-refractivity contribution in [2.24, 2.45) is 0 Å². The molecule has 0 spiro atoms. The highest BCUT2D eigenvalue weighted by Gasteiger charge is 2.30. The fourth-order valence-electron chi connectivity index (χ4n) is 2.06. The number of pyridine rings is 1. The monoisotopic (exact) mass is 255 g/mol. The Morgan fingerprint density at radius 3 is 2.79 bits per heavy atom. The van der Waals surface area contributed by atoms with Gasteiger partial charge in [-0.15, -0.1) is 0 Å². The van der Waals surface area contributed by atoms with Crippen LogP contribution in [-0.4, -0.2) is 26.0 Å². The Bertz CT molecular complexity index is 651. The van der Waals surface area contributed by atoms with Gasteiger partial charge in [-0.25, -0.2) is 14.8 Å². The second-order valence-electron chi connectivity index (χ2n) is 4.74. The zero-order chi connectivity index (χ0) is 13.4. The van der Waals surface area contributed by atoms with Gasteiger partial charge in [0.2, 0.25) is 0 Å². The first-order chi connectivity index (χ1) is 9.16. The Labute approximate surface area is 110 Å². The Morgan fingerprint density at radius 2 is 2.16 bits per heavy atom. The number of carboxylic acids is 1. The normalized spacial score (nSPS) is 14.4. The lowest BCUT2D eigenvalue weighted by Gasteiger charge is -2.07. The van der Waals surface area contributed by atoms with Crippen LogP contribution in [-0.2, 0) is 0 Å². The number of hydrogen-bond acceptors (Lipinski definition) is 4. The van der Waals surface area contributed by atoms with Crippen molar-refractivity contribution in [2.45, 2.75) is 25.7 Å². The molecule has 5 nitrogen and oxygen atoms in total. The van der Waals surface area contributed by atoms with E-state index in [1.807, 2.05) is 19.1 Å². The molecule has 1 N–H and O–H groups in total. The topological polar surface area (TPSA) is 76.0 Å². The van der Waals surface area contributed by atoms with Gasteiger partial charge in [0.15, 0.2) is 5.82 Å². The predicted molar refractivity (Wildman–Crippen MR) is 68.9 cm³/mol. The molecule has 3 rings (SSSR count). The van der Waals surface area contributed by atoms with Gasteiger partial charge in [0.1, 0.15) is 5.69 Å². The molecule has 0 bridgehead atoms. The van der Waals surface area contributed by atoms with Crippen molar-refractivity contribution in [2.75, 3.05) is 0 Å². The third-order valence-corrected chi connectivity index (χ3v) is 3.23. The van der Waals surface area contributed by atoms with E-state index >= 15 is 0 Å². The van der Waals surface area contributed by atoms with E-state index in [0.29, 0.717) is 17.2 Å². The maximum atomic E-state index is 11.2. The van der Waals surface area contributed by atoms with E-state index in [1.54, 1.807) is 6.20 Å². The van der Waals surface area contributed by atoms with E-state index in [0.717, 1.165) is 18.4 Å². The molecule has 19 heavy (non-hydrogen) atoms. The maximum Gasteiger partial charge on any atom is 0.339 e. The highest BCUT2D eigenvalue weighted by atomic mass is 16.4. The van der Waals surface area contributed by atoms with Crippen molar-refractivity contribution in [3.63, 3.8) is 0 Å². The highest BCUT2D eigenvalue weighted by molar-refractivity contribution is 5.89. The van der Waals surface area contributed by atoms with Gasteiger partial charge < -0.3 is 5.11 Å². The Balaban J connectivity index is 2.11. The number of rotatable bonds is 3. The van der Waals surface area contributed by atoms with Crippen molar-refractivity contribution < 1.29 is 9.90 Å². The zero-order valence-corrected chi connectivity index (χ0v) is 10.5. The highest BCUT2D eigenvalue weighted by Crippen LogP contribution is 2.41. The smallest absolute Gasteiger partial charge is 0.339 e. The van der Waals surface area contributed by atoms with Crippen LogP contribution in [0.3, 0.4) is 0 Å². The predicted octanol–water partition coefficient (Wildman–Crippen LogP) is 2.42. The number of carboxylic acid groups (broad SMARTS) is 1. The van der Waals surface area contributed by atoms with Crippen molar-refractivity contribution in [1.82, 2.24) is 15.0 Å². The fourth-order valence-corrected chi connectivity index (χ4v) is 2.06. The Morgan fingerprint density at radius 1 is 1.37 bits per heavy atom. The molecule has 0 saturated heterocycles. The van der Waals surface area contributed by atoms with Crippen LogP contribution in [0.15, 0.2) is 24.5 Å². The minimum atomic E-state index is -0.966. The van der Waals surface area contributed by atoms with Crippen molar-refractivity contribution in [3.8, 4) is 11.5 Å². The molecule has 0 amide bonds. The molecule has 1 saturated carbocycles. The quantitative estimate of drug-likeness (QED) is 0.911. The second kappa shape index (κ2) is 4.42. The lowest BCUT2D eigenvalue weighted by molar-refractivity contribution is 0.0694. The summed E-state index contributed by atoms with van der Waals surface area (Å²) in [4.78, 5) is 24.0. The van der Waals surface area contributed by atoms with Crippen molar-refractivity contribution in [3.05, 3.63) is 41.3 Å². The van der Waals surface area contributed by atoms with E-state index in [9.17, 15) is 4.79 Å². The third-order valence-electron chi connectivity index (χ3n) is 3.23. The Hall–Kier alpha value is -2.30. The molecule has 1 aliphatic rings. The van der Waals surface area contributed by atoms with Crippen molar-refractivity contribution in [1.29, 1.82) is 0 Å². The van der Waals surface area contributed by atoms with Crippen LogP contribution >= 0.6 is 0 Å². The van der Waals surface area contributed by atoms with Crippen LogP contribution in [0.25, 0.3) is 11.5 Å². The summed E-state index contributed by atoms with van der Waals surface area (Å²) in [5, 5.41) is 9.16. The SMILES string of the molecule is Cc1cccnc1-c1ncc(C(=O)O)c(C2CC2)n1. The van der Waals surface area contributed by atoms with E-state index in [4.69, 9.17) is 5.11 Å². The van der Waals surface area contributed by atoms with Crippen LogP contribution in [0, 0.1) is 6.92 Å². The molecule has 0 radical (unpaired) electrons. The summed E-state index contributed by atoms with van der Waals surface area (Å²) in [6.07, 6.45) is 5.08. The number of nitrogens with zero attached hydrogens (tertiary/aromatic N) is 3. The van der Waals surface area contributed by atoms with Crippen LogP contribution in [0.2, 0.25) is 0 Å². The van der Waals surface area contributed by atoms with E-state index < -0.39 is 5.97 Å². The molecular formula is C14H13N3O2. The lowest BCUT2D eigenvalue weighted by atomic mass is 10.1. The fraction of sp³-hybridized carbons (Fsp3) is 0.286. The molecule has 2 aromatic rings. The van der Waals surface area contributed by atoms with E-state index in [1.165, 1.54) is 6.20 Å². The molecule has 0 aromatic carbocycles.